The number of hydrogen-bond donors (Lipinski definition) is 1. The Morgan fingerprint density at radius 1 is 1.50 bits per heavy atom. The van der Waals surface area contributed by atoms with E-state index >= 15 is 0 Å². The van der Waals surface area contributed by atoms with Gasteiger partial charge in [-0.25, -0.2) is 9.37 Å². The molecule has 1 N–H and O–H groups in total. The summed E-state index contributed by atoms with van der Waals surface area (Å²) >= 11 is 0. The SMILES string of the molecule is COc1cccc(F)c1CN1CCOC[C@H]1c1cc(=O)[nH]c(C)n1. The first-order chi connectivity index (χ1) is 11.6. The molecule has 6 nitrogen and oxygen atoms in total. The molecule has 3 rings (SSSR count). The molecule has 24 heavy (non-hydrogen) atoms. The second-order valence-corrected chi connectivity index (χ2v) is 5.74. The Morgan fingerprint density at radius 3 is 3.08 bits per heavy atom. The number of methoxy groups -OCH3 is 1. The third-order valence-electron chi connectivity index (χ3n) is 4.12. The number of halogens is 1. The van der Waals surface area contributed by atoms with E-state index in [9.17, 15) is 9.18 Å². The van der Waals surface area contributed by atoms with Gasteiger partial charge in [0.1, 0.15) is 17.4 Å². The number of H-pyrrole nitrogens is 1. The summed E-state index contributed by atoms with van der Waals surface area (Å²) in [5.41, 5.74) is 0.922. The van der Waals surface area contributed by atoms with E-state index in [1.165, 1.54) is 19.2 Å². The van der Waals surface area contributed by atoms with Crippen LogP contribution in [0.2, 0.25) is 0 Å². The van der Waals surface area contributed by atoms with Crippen LogP contribution in [0, 0.1) is 12.7 Å². The Morgan fingerprint density at radius 2 is 2.33 bits per heavy atom. The van der Waals surface area contributed by atoms with Crippen LogP contribution in [0.15, 0.2) is 29.1 Å². The summed E-state index contributed by atoms with van der Waals surface area (Å²) in [5.74, 6) is 0.747. The molecule has 0 amide bonds. The molecule has 2 aromatic rings. The summed E-state index contributed by atoms with van der Waals surface area (Å²) in [6.07, 6.45) is 0. The van der Waals surface area contributed by atoms with E-state index in [1.807, 2.05) is 0 Å². The standard InChI is InChI=1S/C17H20FN3O3/c1-11-19-14(8-17(22)20-11)15-10-24-7-6-21(15)9-12-13(18)4-3-5-16(12)23-2/h3-5,8,15H,6-7,9-10H2,1-2H3,(H,19,20,22)/t15-/m0/s1. The van der Waals surface area contributed by atoms with Gasteiger partial charge in [-0.2, -0.15) is 0 Å². The molecule has 0 spiro atoms. The zero-order chi connectivity index (χ0) is 17.1. The predicted molar refractivity (Wildman–Crippen MR) is 86.5 cm³/mol. The quantitative estimate of drug-likeness (QED) is 0.924. The van der Waals surface area contributed by atoms with Gasteiger partial charge < -0.3 is 14.5 Å². The molecule has 128 valence electrons. The van der Waals surface area contributed by atoms with Crippen molar-refractivity contribution in [1.29, 1.82) is 0 Å². The number of aromatic amines is 1. The molecule has 0 radical (unpaired) electrons. The van der Waals surface area contributed by atoms with Gasteiger partial charge in [0.25, 0.3) is 5.56 Å². The molecule has 1 saturated heterocycles. The minimum atomic E-state index is -0.311. The molecular weight excluding hydrogens is 313 g/mol. The largest absolute Gasteiger partial charge is 0.496 e. The minimum Gasteiger partial charge on any atom is -0.496 e. The van der Waals surface area contributed by atoms with Crippen LogP contribution in [0.25, 0.3) is 0 Å². The average Bonchev–Trinajstić information content (AvgIpc) is 2.56. The Bertz CT molecular complexity index is 778. The fraction of sp³-hybridized carbons (Fsp3) is 0.412. The van der Waals surface area contributed by atoms with Gasteiger partial charge in [-0.3, -0.25) is 9.69 Å². The third kappa shape index (κ3) is 3.47. The van der Waals surface area contributed by atoms with Crippen molar-refractivity contribution in [1.82, 2.24) is 14.9 Å². The van der Waals surface area contributed by atoms with Gasteiger partial charge in [-0.15, -0.1) is 0 Å². The smallest absolute Gasteiger partial charge is 0.251 e. The van der Waals surface area contributed by atoms with Gasteiger partial charge >= 0.3 is 0 Å². The summed E-state index contributed by atoms with van der Waals surface area (Å²) < 4.78 is 25.1. The fourth-order valence-electron chi connectivity index (χ4n) is 2.96. The Kier molecular flexibility index (Phi) is 4.92. The topological polar surface area (TPSA) is 67.5 Å². The number of ether oxygens (including phenoxy) is 2. The number of nitrogens with zero attached hydrogens (tertiary/aromatic N) is 2. The summed E-state index contributed by atoms with van der Waals surface area (Å²) in [4.78, 5) is 20.8. The van der Waals surface area contributed by atoms with Crippen LogP contribution in [0.3, 0.4) is 0 Å². The molecule has 1 aliphatic rings. The molecule has 7 heteroatoms. The number of morpholine rings is 1. The lowest BCUT2D eigenvalue weighted by Gasteiger charge is -2.35. The van der Waals surface area contributed by atoms with Crippen molar-refractivity contribution < 1.29 is 13.9 Å². The second kappa shape index (κ2) is 7.11. The van der Waals surface area contributed by atoms with Crippen LogP contribution in [-0.2, 0) is 11.3 Å². The number of hydrogen-bond acceptors (Lipinski definition) is 5. The van der Waals surface area contributed by atoms with Gasteiger partial charge in [0, 0.05) is 24.7 Å². The molecule has 0 aliphatic carbocycles. The molecule has 0 bridgehead atoms. The van der Waals surface area contributed by atoms with Crippen molar-refractivity contribution in [2.24, 2.45) is 0 Å². The first kappa shape index (κ1) is 16.6. The van der Waals surface area contributed by atoms with E-state index in [2.05, 4.69) is 14.9 Å². The number of aryl methyl sites for hydroxylation is 1. The van der Waals surface area contributed by atoms with Crippen molar-refractivity contribution >= 4 is 0 Å². The highest BCUT2D eigenvalue weighted by atomic mass is 19.1. The van der Waals surface area contributed by atoms with Crippen LogP contribution < -0.4 is 10.3 Å². The number of rotatable bonds is 4. The minimum absolute atomic E-state index is 0.202. The normalized spacial score (nSPS) is 18.5. The molecule has 1 aromatic carbocycles. The van der Waals surface area contributed by atoms with Crippen molar-refractivity contribution in [3.8, 4) is 5.75 Å². The van der Waals surface area contributed by atoms with Crippen molar-refractivity contribution in [2.75, 3.05) is 26.9 Å². The average molecular weight is 333 g/mol. The maximum absolute atomic E-state index is 14.2. The maximum atomic E-state index is 14.2. The molecular formula is C17H20FN3O3. The van der Waals surface area contributed by atoms with Gasteiger partial charge in [-0.05, 0) is 19.1 Å². The second-order valence-electron chi connectivity index (χ2n) is 5.74. The molecule has 1 aromatic heterocycles. The Balaban J connectivity index is 1.92. The first-order valence-corrected chi connectivity index (χ1v) is 7.79. The van der Waals surface area contributed by atoms with E-state index < -0.39 is 0 Å². The van der Waals surface area contributed by atoms with E-state index in [4.69, 9.17) is 9.47 Å². The highest BCUT2D eigenvalue weighted by molar-refractivity contribution is 5.34. The molecule has 0 saturated carbocycles. The van der Waals surface area contributed by atoms with Gasteiger partial charge in [-0.1, -0.05) is 6.07 Å². The highest BCUT2D eigenvalue weighted by Crippen LogP contribution is 2.28. The van der Waals surface area contributed by atoms with Crippen molar-refractivity contribution in [2.45, 2.75) is 19.5 Å². The molecule has 1 fully saturated rings. The molecule has 2 heterocycles. The fourth-order valence-corrected chi connectivity index (χ4v) is 2.96. The summed E-state index contributed by atoms with van der Waals surface area (Å²) in [5, 5.41) is 0. The molecule has 1 aliphatic heterocycles. The van der Waals surface area contributed by atoms with Crippen molar-refractivity contribution in [3.63, 3.8) is 0 Å². The van der Waals surface area contributed by atoms with Crippen LogP contribution in [0.5, 0.6) is 5.75 Å². The van der Waals surface area contributed by atoms with E-state index in [-0.39, 0.29) is 17.4 Å². The van der Waals surface area contributed by atoms with Crippen LogP contribution in [-0.4, -0.2) is 41.7 Å². The van der Waals surface area contributed by atoms with E-state index in [0.717, 1.165) is 0 Å². The lowest BCUT2D eigenvalue weighted by atomic mass is 10.1. The van der Waals surface area contributed by atoms with Crippen LogP contribution >= 0.6 is 0 Å². The molecule has 0 unspecified atom stereocenters. The van der Waals surface area contributed by atoms with Crippen LogP contribution in [0.1, 0.15) is 23.1 Å². The lowest BCUT2D eigenvalue weighted by Crippen LogP contribution is -2.40. The first-order valence-electron chi connectivity index (χ1n) is 7.79. The zero-order valence-electron chi connectivity index (χ0n) is 13.7. The van der Waals surface area contributed by atoms with Crippen LogP contribution in [0.4, 0.5) is 4.39 Å². The number of nitrogens with one attached hydrogen (secondary N) is 1. The Labute approximate surface area is 139 Å². The zero-order valence-corrected chi connectivity index (χ0v) is 13.7. The van der Waals surface area contributed by atoms with Gasteiger partial charge in [0.05, 0.1) is 32.1 Å². The van der Waals surface area contributed by atoms with E-state index in [1.54, 1.807) is 19.1 Å². The third-order valence-corrected chi connectivity index (χ3v) is 4.12. The highest BCUT2D eigenvalue weighted by Gasteiger charge is 2.28. The molecule has 1 atom stereocenters. The van der Waals surface area contributed by atoms with Gasteiger partial charge in [0.2, 0.25) is 0 Å². The Hall–Kier alpha value is -2.25. The summed E-state index contributed by atoms with van der Waals surface area (Å²) in [6, 6.07) is 6.05. The van der Waals surface area contributed by atoms with E-state index in [0.29, 0.717) is 49.1 Å². The summed E-state index contributed by atoms with van der Waals surface area (Å²) in [6.45, 7) is 3.67. The van der Waals surface area contributed by atoms with Crippen molar-refractivity contribution in [3.05, 3.63) is 57.5 Å². The predicted octanol–water partition coefficient (Wildman–Crippen LogP) is 1.80. The monoisotopic (exact) mass is 333 g/mol. The lowest BCUT2D eigenvalue weighted by molar-refractivity contribution is -0.0151. The van der Waals surface area contributed by atoms with Gasteiger partial charge in [0.15, 0.2) is 0 Å². The maximum Gasteiger partial charge on any atom is 0.251 e. The number of benzene rings is 1. The number of aromatic nitrogens is 2. The summed E-state index contributed by atoms with van der Waals surface area (Å²) in [7, 11) is 1.52.